The molecule has 0 aromatic rings. The number of carbonyl (C=O) groups is 4. The Balaban J connectivity index is 5.24. The molecule has 19 heteroatoms. The number of phosphoric acid groups is 2. The minimum Gasteiger partial charge on any atom is -0.462 e. The van der Waals surface area contributed by atoms with Gasteiger partial charge in [0.05, 0.1) is 26.4 Å². The number of carbonyl (C=O) groups excluding carboxylic acids is 4. The molecule has 0 amide bonds. The van der Waals surface area contributed by atoms with Crippen molar-refractivity contribution in [3.8, 4) is 0 Å². The lowest BCUT2D eigenvalue weighted by molar-refractivity contribution is -0.161. The monoisotopic (exact) mass is 1560 g/mol. The SMILES string of the molecule is CCCCCCCCCCCCCCCCCCCCCC(=O)OC[C@H](COP(=O)(O)OC[C@@H](O)COP(=O)(O)OC[C@@H](COC(=O)CCCCCCCCCCC(C)C)OC(=O)CCCCCCCCCCCCCCCCCCCC)OC(=O)CCCCCCCCCCCCCCCCCCC(C)C. The molecule has 17 nitrogen and oxygen atoms in total. The van der Waals surface area contributed by atoms with Crippen molar-refractivity contribution in [3.63, 3.8) is 0 Å². The Morgan fingerprint density at radius 3 is 0.636 bits per heavy atom. The van der Waals surface area contributed by atoms with Crippen LogP contribution in [0.15, 0.2) is 0 Å². The summed E-state index contributed by atoms with van der Waals surface area (Å²) in [5.41, 5.74) is 0. The number of hydrogen-bond donors (Lipinski definition) is 3. The summed E-state index contributed by atoms with van der Waals surface area (Å²) in [4.78, 5) is 73.3. The lowest BCUT2D eigenvalue weighted by atomic mass is 10.0. The van der Waals surface area contributed by atoms with Crippen LogP contribution in [-0.2, 0) is 65.4 Å². The van der Waals surface area contributed by atoms with Crippen molar-refractivity contribution in [1.82, 2.24) is 0 Å². The Labute approximate surface area is 658 Å². The van der Waals surface area contributed by atoms with E-state index >= 15 is 0 Å². The third kappa shape index (κ3) is 81.9. The summed E-state index contributed by atoms with van der Waals surface area (Å²) in [5.74, 6) is -0.564. The number of rotatable bonds is 87. The summed E-state index contributed by atoms with van der Waals surface area (Å²) in [6.45, 7) is 9.68. The van der Waals surface area contributed by atoms with E-state index in [1.165, 1.54) is 289 Å². The maximum absolute atomic E-state index is 13.2. The van der Waals surface area contributed by atoms with Crippen LogP contribution in [0.1, 0.15) is 472 Å². The van der Waals surface area contributed by atoms with Crippen molar-refractivity contribution in [2.45, 2.75) is 490 Å². The zero-order chi connectivity index (χ0) is 78.5. The van der Waals surface area contributed by atoms with Crippen LogP contribution in [0.25, 0.3) is 0 Å². The van der Waals surface area contributed by atoms with Crippen molar-refractivity contribution in [3.05, 3.63) is 0 Å². The third-order valence-electron chi connectivity index (χ3n) is 20.7. The molecule has 0 radical (unpaired) electrons. The first-order chi connectivity index (χ1) is 51.9. The molecule has 0 aromatic heterocycles. The average molecular weight is 1560 g/mol. The lowest BCUT2D eigenvalue weighted by Gasteiger charge is -2.21. The maximum atomic E-state index is 13.2. The fourth-order valence-corrected chi connectivity index (χ4v) is 15.4. The van der Waals surface area contributed by atoms with Gasteiger partial charge in [-0.2, -0.15) is 0 Å². The molecule has 0 saturated heterocycles. The summed E-state index contributed by atoms with van der Waals surface area (Å²) in [5, 5.41) is 10.7. The van der Waals surface area contributed by atoms with Gasteiger partial charge in [-0.3, -0.25) is 37.3 Å². The summed E-state index contributed by atoms with van der Waals surface area (Å²) in [6.07, 6.45) is 72.3. The molecular formula is C88H172O17P2. The molecule has 0 heterocycles. The Morgan fingerprint density at radius 2 is 0.430 bits per heavy atom. The minimum absolute atomic E-state index is 0.108. The molecule has 0 aliphatic rings. The van der Waals surface area contributed by atoms with E-state index < -0.39 is 97.5 Å². The fraction of sp³-hybridized carbons (Fsp3) is 0.955. The van der Waals surface area contributed by atoms with Crippen molar-refractivity contribution in [1.29, 1.82) is 0 Å². The van der Waals surface area contributed by atoms with Gasteiger partial charge in [0, 0.05) is 25.7 Å². The molecule has 0 spiro atoms. The minimum atomic E-state index is -4.97. The number of hydrogen-bond acceptors (Lipinski definition) is 15. The van der Waals surface area contributed by atoms with E-state index in [1.807, 2.05) is 0 Å². The molecule has 0 aliphatic carbocycles. The standard InChI is InChI=1S/C88H172O17P2/c1-7-9-11-13-15-17-19-21-23-25-27-29-33-37-41-45-52-58-64-70-85(90)98-76-83(104-87(92)72-67-61-55-47-43-39-35-31-30-32-36-40-44-50-56-62-68-80(3)4)78-102-106(94,95)100-74-82(89)75-101-107(96,97)103-79-84(77-99-86(91)71-65-59-53-49-48-51-57-63-69-81(5)6)105-88(93)73-66-60-54-46-42-38-34-28-26-24-22-20-18-16-14-12-10-8-2/h80-84,89H,7-79H2,1-6H3,(H,94,95)(H,96,97)/t82-,83-,84-/m1/s1. The predicted octanol–water partition coefficient (Wildman–Crippen LogP) is 27.0. The van der Waals surface area contributed by atoms with E-state index in [-0.39, 0.29) is 25.7 Å². The second kappa shape index (κ2) is 79.3. The Morgan fingerprint density at radius 1 is 0.252 bits per heavy atom. The molecule has 0 saturated carbocycles. The number of phosphoric ester groups is 2. The summed E-state index contributed by atoms with van der Waals surface area (Å²) in [6, 6.07) is 0. The summed E-state index contributed by atoms with van der Waals surface area (Å²) < 4.78 is 69.0. The van der Waals surface area contributed by atoms with E-state index in [0.717, 1.165) is 102 Å². The molecule has 107 heavy (non-hydrogen) atoms. The topological polar surface area (TPSA) is 237 Å². The van der Waals surface area contributed by atoms with E-state index in [9.17, 15) is 43.2 Å². The van der Waals surface area contributed by atoms with Gasteiger partial charge in [0.15, 0.2) is 12.2 Å². The first-order valence-corrected chi connectivity index (χ1v) is 48.5. The number of ether oxygens (including phenoxy) is 4. The van der Waals surface area contributed by atoms with Gasteiger partial charge >= 0.3 is 39.5 Å². The molecule has 0 aliphatic heterocycles. The predicted molar refractivity (Wildman–Crippen MR) is 442 cm³/mol. The second-order valence-electron chi connectivity index (χ2n) is 32.6. The van der Waals surface area contributed by atoms with Crippen molar-refractivity contribution in [2.75, 3.05) is 39.6 Å². The number of aliphatic hydroxyl groups is 1. The van der Waals surface area contributed by atoms with Crippen LogP contribution < -0.4 is 0 Å². The molecule has 3 N–H and O–H groups in total. The number of unbranched alkanes of at least 4 members (excludes halogenated alkanes) is 57. The Hall–Kier alpha value is -1.94. The highest BCUT2D eigenvalue weighted by molar-refractivity contribution is 7.47. The van der Waals surface area contributed by atoms with E-state index in [1.54, 1.807) is 0 Å². The van der Waals surface area contributed by atoms with Crippen LogP contribution in [-0.4, -0.2) is 96.7 Å². The second-order valence-corrected chi connectivity index (χ2v) is 35.5. The van der Waals surface area contributed by atoms with Gasteiger partial charge in [-0.25, -0.2) is 9.13 Å². The highest BCUT2D eigenvalue weighted by Gasteiger charge is 2.30. The van der Waals surface area contributed by atoms with Gasteiger partial charge in [0.25, 0.3) is 0 Å². The third-order valence-corrected chi connectivity index (χ3v) is 22.6. The average Bonchev–Trinajstić information content (AvgIpc) is 0.922. The van der Waals surface area contributed by atoms with Crippen LogP contribution in [0, 0.1) is 11.8 Å². The highest BCUT2D eigenvalue weighted by atomic mass is 31.2. The molecule has 0 bridgehead atoms. The van der Waals surface area contributed by atoms with Crippen molar-refractivity contribution >= 4 is 39.5 Å². The Bertz CT molecular complexity index is 2050. The molecule has 5 atom stereocenters. The number of aliphatic hydroxyl groups excluding tert-OH is 1. The first kappa shape index (κ1) is 105. The summed E-state index contributed by atoms with van der Waals surface area (Å²) >= 11 is 0. The Kier molecular flexibility index (Phi) is 77.9. The fourth-order valence-electron chi connectivity index (χ4n) is 13.8. The normalized spacial score (nSPS) is 13.8. The van der Waals surface area contributed by atoms with Crippen LogP contribution >= 0.6 is 15.6 Å². The van der Waals surface area contributed by atoms with Gasteiger partial charge in [-0.05, 0) is 37.5 Å². The maximum Gasteiger partial charge on any atom is 0.472 e. The van der Waals surface area contributed by atoms with Gasteiger partial charge in [0.2, 0.25) is 0 Å². The molecule has 0 aromatic carbocycles. The smallest absolute Gasteiger partial charge is 0.462 e. The van der Waals surface area contributed by atoms with Crippen molar-refractivity contribution in [2.24, 2.45) is 11.8 Å². The molecule has 0 fully saturated rings. The number of esters is 4. The van der Waals surface area contributed by atoms with Crippen molar-refractivity contribution < 1.29 is 80.2 Å². The van der Waals surface area contributed by atoms with Crippen LogP contribution in [0.4, 0.5) is 0 Å². The highest BCUT2D eigenvalue weighted by Crippen LogP contribution is 2.45. The molecule has 636 valence electrons. The van der Waals surface area contributed by atoms with E-state index in [4.69, 9.17) is 37.0 Å². The zero-order valence-electron chi connectivity index (χ0n) is 70.5. The van der Waals surface area contributed by atoms with Crippen LogP contribution in [0.3, 0.4) is 0 Å². The lowest BCUT2D eigenvalue weighted by Crippen LogP contribution is -2.30. The largest absolute Gasteiger partial charge is 0.472 e. The molecule has 2 unspecified atom stereocenters. The first-order valence-electron chi connectivity index (χ1n) is 45.5. The van der Waals surface area contributed by atoms with Crippen LogP contribution in [0.2, 0.25) is 0 Å². The van der Waals surface area contributed by atoms with Gasteiger partial charge in [-0.1, -0.05) is 420 Å². The summed E-state index contributed by atoms with van der Waals surface area (Å²) in [7, 11) is -9.93. The van der Waals surface area contributed by atoms with E-state index in [2.05, 4.69) is 41.5 Å². The van der Waals surface area contributed by atoms with Gasteiger partial charge in [0.1, 0.15) is 19.3 Å². The molecular weight excluding hydrogens is 1390 g/mol. The molecule has 0 rings (SSSR count). The zero-order valence-corrected chi connectivity index (χ0v) is 72.2. The van der Waals surface area contributed by atoms with Gasteiger partial charge < -0.3 is 33.8 Å². The quantitative estimate of drug-likeness (QED) is 0.0222. The van der Waals surface area contributed by atoms with E-state index in [0.29, 0.717) is 25.7 Å². The van der Waals surface area contributed by atoms with Gasteiger partial charge in [-0.15, -0.1) is 0 Å². The van der Waals surface area contributed by atoms with Crippen LogP contribution in [0.5, 0.6) is 0 Å².